The Kier molecular flexibility index (Phi) is 5.16. The lowest BCUT2D eigenvalue weighted by atomic mass is 10.3. The van der Waals surface area contributed by atoms with Crippen molar-refractivity contribution in [1.29, 1.82) is 0 Å². The van der Waals surface area contributed by atoms with Gasteiger partial charge in [-0.25, -0.2) is 4.98 Å². The molecular formula is C17H19N5O4. The molecule has 136 valence electrons. The molecule has 0 radical (unpaired) electrons. The van der Waals surface area contributed by atoms with Gasteiger partial charge < -0.3 is 19.3 Å². The van der Waals surface area contributed by atoms with E-state index in [0.717, 1.165) is 0 Å². The maximum atomic E-state index is 12.3. The number of aromatic amines is 1. The summed E-state index contributed by atoms with van der Waals surface area (Å²) >= 11 is 0. The monoisotopic (exact) mass is 357 g/mol. The minimum atomic E-state index is -0.382. The molecule has 3 aromatic rings. The van der Waals surface area contributed by atoms with Crippen LogP contribution >= 0.6 is 0 Å². The van der Waals surface area contributed by atoms with E-state index in [1.54, 1.807) is 33.1 Å². The lowest BCUT2D eigenvalue weighted by Crippen LogP contribution is -2.27. The third kappa shape index (κ3) is 4.00. The second-order valence-electron chi connectivity index (χ2n) is 5.59. The molecule has 3 rings (SSSR count). The van der Waals surface area contributed by atoms with Crippen molar-refractivity contribution in [2.75, 3.05) is 7.11 Å². The Morgan fingerprint density at radius 1 is 1.35 bits per heavy atom. The maximum absolute atomic E-state index is 12.3. The van der Waals surface area contributed by atoms with E-state index in [2.05, 4.69) is 25.7 Å². The quantitative estimate of drug-likeness (QED) is 0.666. The van der Waals surface area contributed by atoms with E-state index in [-0.39, 0.29) is 24.2 Å². The van der Waals surface area contributed by atoms with Gasteiger partial charge in [0.05, 0.1) is 13.2 Å². The number of aryl methyl sites for hydroxylation is 1. The van der Waals surface area contributed by atoms with E-state index in [9.17, 15) is 4.79 Å². The lowest BCUT2D eigenvalue weighted by molar-refractivity contribution is 0.0929. The third-order valence-electron chi connectivity index (χ3n) is 3.58. The summed E-state index contributed by atoms with van der Waals surface area (Å²) in [4.78, 5) is 16.4. The average Bonchev–Trinajstić information content (AvgIpc) is 3.29. The first kappa shape index (κ1) is 17.5. The van der Waals surface area contributed by atoms with Crippen LogP contribution in [0.1, 0.15) is 40.9 Å². The normalized spacial score (nSPS) is 11.8. The van der Waals surface area contributed by atoms with E-state index >= 15 is 0 Å². The Balaban J connectivity index is 1.59. The standard InChI is InChI=1S/C17H19N5O4/c1-10(16-19-11(2)20-21-16)18-17(23)13-8-12(26-22-13)9-25-15-7-5-4-6-14(15)24-3/h4-8,10H,9H2,1-3H3,(H,18,23)(H,19,20,21). The van der Waals surface area contributed by atoms with Gasteiger partial charge in [-0.3, -0.25) is 9.89 Å². The van der Waals surface area contributed by atoms with E-state index in [4.69, 9.17) is 14.0 Å². The van der Waals surface area contributed by atoms with Gasteiger partial charge in [0, 0.05) is 6.07 Å². The number of aromatic nitrogens is 4. The topological polar surface area (TPSA) is 115 Å². The number of hydrogen-bond acceptors (Lipinski definition) is 7. The van der Waals surface area contributed by atoms with Gasteiger partial charge in [-0.1, -0.05) is 17.3 Å². The van der Waals surface area contributed by atoms with Crippen LogP contribution in [-0.4, -0.2) is 33.4 Å². The third-order valence-corrected chi connectivity index (χ3v) is 3.58. The van der Waals surface area contributed by atoms with Crippen molar-refractivity contribution in [1.82, 2.24) is 25.7 Å². The van der Waals surface area contributed by atoms with Crippen molar-refractivity contribution in [2.45, 2.75) is 26.5 Å². The molecule has 0 saturated carbocycles. The number of ether oxygens (including phenoxy) is 2. The van der Waals surface area contributed by atoms with E-state index < -0.39 is 0 Å². The molecule has 2 aromatic heterocycles. The first-order chi connectivity index (χ1) is 12.6. The molecule has 0 aliphatic rings. The predicted octanol–water partition coefficient (Wildman–Crippen LogP) is 2.18. The van der Waals surface area contributed by atoms with Crippen molar-refractivity contribution in [3.8, 4) is 11.5 Å². The lowest BCUT2D eigenvalue weighted by Gasteiger charge is -2.08. The molecule has 2 N–H and O–H groups in total. The molecule has 0 aliphatic carbocycles. The summed E-state index contributed by atoms with van der Waals surface area (Å²) in [6.07, 6.45) is 0. The minimum absolute atomic E-state index is 0.121. The molecule has 2 heterocycles. The molecule has 26 heavy (non-hydrogen) atoms. The maximum Gasteiger partial charge on any atom is 0.274 e. The van der Waals surface area contributed by atoms with Crippen molar-refractivity contribution in [3.63, 3.8) is 0 Å². The second kappa shape index (κ2) is 7.68. The molecule has 0 fully saturated rings. The zero-order chi connectivity index (χ0) is 18.5. The highest BCUT2D eigenvalue weighted by Gasteiger charge is 2.18. The zero-order valence-electron chi connectivity index (χ0n) is 14.6. The van der Waals surface area contributed by atoms with Crippen LogP contribution in [0, 0.1) is 6.92 Å². The van der Waals surface area contributed by atoms with Gasteiger partial charge in [0.2, 0.25) is 0 Å². The fraction of sp³-hybridized carbons (Fsp3) is 0.294. The number of nitrogens with one attached hydrogen (secondary N) is 2. The molecular weight excluding hydrogens is 338 g/mol. The number of nitrogens with zero attached hydrogens (tertiary/aromatic N) is 3. The molecule has 1 amide bonds. The van der Waals surface area contributed by atoms with E-state index in [0.29, 0.717) is 28.9 Å². The summed E-state index contributed by atoms with van der Waals surface area (Å²) in [6, 6.07) is 8.42. The molecule has 9 nitrogen and oxygen atoms in total. The largest absolute Gasteiger partial charge is 0.493 e. The van der Waals surface area contributed by atoms with Crippen LogP contribution in [0.4, 0.5) is 0 Å². The van der Waals surface area contributed by atoms with Gasteiger partial charge in [-0.05, 0) is 26.0 Å². The fourth-order valence-electron chi connectivity index (χ4n) is 2.26. The summed E-state index contributed by atoms with van der Waals surface area (Å²) in [6.45, 7) is 3.69. The molecule has 0 saturated heterocycles. The minimum Gasteiger partial charge on any atom is -0.493 e. The SMILES string of the molecule is COc1ccccc1OCc1cc(C(=O)NC(C)c2n[nH]c(C)n2)no1. The molecule has 1 aromatic carbocycles. The Morgan fingerprint density at radius 2 is 2.12 bits per heavy atom. The molecule has 0 aliphatic heterocycles. The van der Waals surface area contributed by atoms with Crippen LogP contribution in [0.5, 0.6) is 11.5 Å². The van der Waals surface area contributed by atoms with Crippen molar-refractivity contribution in [2.24, 2.45) is 0 Å². The number of para-hydroxylation sites is 2. The summed E-state index contributed by atoms with van der Waals surface area (Å²) in [5.41, 5.74) is 0.155. The Morgan fingerprint density at radius 3 is 2.81 bits per heavy atom. The number of benzene rings is 1. The number of amides is 1. The van der Waals surface area contributed by atoms with Crippen molar-refractivity contribution in [3.05, 3.63) is 53.4 Å². The first-order valence-electron chi connectivity index (χ1n) is 7.98. The number of H-pyrrole nitrogens is 1. The smallest absolute Gasteiger partial charge is 0.274 e. The van der Waals surface area contributed by atoms with Gasteiger partial charge in [0.1, 0.15) is 12.4 Å². The summed E-state index contributed by atoms with van der Waals surface area (Å²) in [5.74, 6) is 2.40. The number of carbonyl (C=O) groups is 1. The zero-order valence-corrected chi connectivity index (χ0v) is 14.6. The molecule has 1 unspecified atom stereocenters. The first-order valence-corrected chi connectivity index (χ1v) is 7.98. The van der Waals surface area contributed by atoms with E-state index in [1.807, 2.05) is 12.1 Å². The molecule has 9 heteroatoms. The predicted molar refractivity (Wildman–Crippen MR) is 90.8 cm³/mol. The van der Waals surface area contributed by atoms with Gasteiger partial charge in [0.15, 0.2) is 28.8 Å². The van der Waals surface area contributed by atoms with Gasteiger partial charge in [-0.2, -0.15) is 5.10 Å². The highest BCUT2D eigenvalue weighted by Crippen LogP contribution is 2.26. The number of methoxy groups -OCH3 is 1. The Bertz CT molecular complexity index is 889. The van der Waals surface area contributed by atoms with E-state index in [1.165, 1.54) is 6.07 Å². The molecule has 0 bridgehead atoms. The van der Waals surface area contributed by atoms with Crippen LogP contribution in [0.3, 0.4) is 0 Å². The summed E-state index contributed by atoms with van der Waals surface area (Å²) in [7, 11) is 1.57. The van der Waals surface area contributed by atoms with Crippen LogP contribution in [-0.2, 0) is 6.61 Å². The van der Waals surface area contributed by atoms with Crippen molar-refractivity contribution < 1.29 is 18.8 Å². The number of rotatable bonds is 7. The Labute approximate surface area is 149 Å². The Hall–Kier alpha value is -3.36. The van der Waals surface area contributed by atoms with Crippen LogP contribution in [0.15, 0.2) is 34.9 Å². The van der Waals surface area contributed by atoms with Crippen LogP contribution in [0.2, 0.25) is 0 Å². The highest BCUT2D eigenvalue weighted by atomic mass is 16.5. The van der Waals surface area contributed by atoms with Crippen LogP contribution in [0.25, 0.3) is 0 Å². The van der Waals surface area contributed by atoms with Gasteiger partial charge >= 0.3 is 0 Å². The molecule has 0 spiro atoms. The van der Waals surface area contributed by atoms with Gasteiger partial charge in [0.25, 0.3) is 5.91 Å². The number of hydrogen-bond donors (Lipinski definition) is 2. The summed E-state index contributed by atoms with van der Waals surface area (Å²) < 4.78 is 16.0. The molecule has 1 atom stereocenters. The summed E-state index contributed by atoms with van der Waals surface area (Å²) in [5, 5.41) is 13.3. The van der Waals surface area contributed by atoms with Crippen molar-refractivity contribution >= 4 is 5.91 Å². The average molecular weight is 357 g/mol. The van der Waals surface area contributed by atoms with Gasteiger partial charge in [-0.15, -0.1) is 0 Å². The fourth-order valence-corrected chi connectivity index (χ4v) is 2.26. The number of carbonyl (C=O) groups excluding carboxylic acids is 1. The van der Waals surface area contributed by atoms with Crippen LogP contribution < -0.4 is 14.8 Å². The highest BCUT2D eigenvalue weighted by molar-refractivity contribution is 5.92. The second-order valence-corrected chi connectivity index (χ2v) is 5.59.